The molecule has 2 rings (SSSR count). The molecular formula is C10H12N4O2. The molecule has 84 valence electrons. The van der Waals surface area contributed by atoms with Crippen LogP contribution in [0.25, 0.3) is 11.6 Å². The predicted molar refractivity (Wildman–Crippen MR) is 57.7 cm³/mol. The van der Waals surface area contributed by atoms with Crippen LogP contribution in [0.3, 0.4) is 0 Å². The molecular weight excluding hydrogens is 208 g/mol. The highest BCUT2D eigenvalue weighted by molar-refractivity contribution is 5.44. The Kier molecular flexibility index (Phi) is 3.11. The number of rotatable bonds is 4. The minimum absolute atomic E-state index is 0.191. The van der Waals surface area contributed by atoms with Crippen molar-refractivity contribution in [2.45, 2.75) is 13.5 Å². The average molecular weight is 220 g/mol. The molecule has 0 bridgehead atoms. The number of aromatic amines is 1. The van der Waals surface area contributed by atoms with Gasteiger partial charge in [0.15, 0.2) is 0 Å². The molecule has 0 aromatic carbocycles. The minimum atomic E-state index is -0.191. The molecule has 0 unspecified atom stereocenters. The molecule has 0 saturated heterocycles. The Labute approximate surface area is 91.7 Å². The van der Waals surface area contributed by atoms with Crippen LogP contribution >= 0.6 is 0 Å². The highest BCUT2D eigenvalue weighted by Gasteiger charge is 2.08. The Bertz CT molecular complexity index is 517. The van der Waals surface area contributed by atoms with Crippen LogP contribution in [0.5, 0.6) is 0 Å². The lowest BCUT2D eigenvalue weighted by Gasteiger charge is -1.94. The molecule has 0 aliphatic carbocycles. The van der Waals surface area contributed by atoms with E-state index in [-0.39, 0.29) is 5.56 Å². The van der Waals surface area contributed by atoms with E-state index in [0.717, 1.165) is 6.54 Å². The quantitative estimate of drug-likeness (QED) is 0.785. The van der Waals surface area contributed by atoms with Crippen LogP contribution in [0, 0.1) is 0 Å². The fourth-order valence-corrected chi connectivity index (χ4v) is 1.24. The molecule has 0 saturated carbocycles. The van der Waals surface area contributed by atoms with Gasteiger partial charge in [0, 0.05) is 6.07 Å². The Balaban J connectivity index is 2.21. The standard InChI is InChI=1S/C10H12N4O2/c1-2-11-6-9-13-14-10(16-9)7-4-3-5-8(15)12-7/h3-5,11H,2,6H2,1H3,(H,12,15). The van der Waals surface area contributed by atoms with Gasteiger partial charge in [-0.05, 0) is 12.6 Å². The monoisotopic (exact) mass is 220 g/mol. The third-order valence-corrected chi connectivity index (χ3v) is 1.99. The van der Waals surface area contributed by atoms with Gasteiger partial charge < -0.3 is 14.7 Å². The average Bonchev–Trinajstić information content (AvgIpc) is 2.75. The topological polar surface area (TPSA) is 83.8 Å². The third-order valence-electron chi connectivity index (χ3n) is 1.99. The molecule has 2 aromatic heterocycles. The Morgan fingerprint density at radius 3 is 3.06 bits per heavy atom. The van der Waals surface area contributed by atoms with Gasteiger partial charge in [0.25, 0.3) is 5.89 Å². The molecule has 0 radical (unpaired) electrons. The van der Waals surface area contributed by atoms with Gasteiger partial charge in [-0.25, -0.2) is 0 Å². The molecule has 2 N–H and O–H groups in total. The van der Waals surface area contributed by atoms with Crippen LogP contribution in [0.4, 0.5) is 0 Å². The molecule has 0 amide bonds. The molecule has 0 atom stereocenters. The zero-order valence-corrected chi connectivity index (χ0v) is 8.86. The molecule has 0 fully saturated rings. The minimum Gasteiger partial charge on any atom is -0.418 e. The molecule has 2 aromatic rings. The smallest absolute Gasteiger partial charge is 0.264 e. The number of hydrogen-bond donors (Lipinski definition) is 2. The molecule has 16 heavy (non-hydrogen) atoms. The van der Waals surface area contributed by atoms with Crippen LogP contribution in [0.1, 0.15) is 12.8 Å². The van der Waals surface area contributed by atoms with Crippen LogP contribution in [-0.2, 0) is 6.54 Å². The van der Waals surface area contributed by atoms with Crippen molar-refractivity contribution >= 4 is 0 Å². The Morgan fingerprint density at radius 1 is 1.44 bits per heavy atom. The molecule has 0 spiro atoms. The first-order valence-electron chi connectivity index (χ1n) is 5.02. The van der Waals surface area contributed by atoms with E-state index in [0.29, 0.717) is 24.0 Å². The lowest BCUT2D eigenvalue weighted by molar-refractivity contribution is 0.481. The van der Waals surface area contributed by atoms with Crippen molar-refractivity contribution < 1.29 is 4.42 Å². The zero-order chi connectivity index (χ0) is 11.4. The first kappa shape index (κ1) is 10.6. The van der Waals surface area contributed by atoms with E-state index in [4.69, 9.17) is 4.42 Å². The lowest BCUT2D eigenvalue weighted by Crippen LogP contribution is -2.11. The Hall–Kier alpha value is -1.95. The molecule has 0 aliphatic heterocycles. The van der Waals surface area contributed by atoms with Crippen molar-refractivity contribution in [2.75, 3.05) is 6.54 Å². The van der Waals surface area contributed by atoms with Crippen LogP contribution in [-0.4, -0.2) is 21.7 Å². The lowest BCUT2D eigenvalue weighted by atomic mass is 10.3. The predicted octanol–water partition coefficient (Wildman–Crippen LogP) is 0.534. The number of nitrogens with zero attached hydrogens (tertiary/aromatic N) is 2. The van der Waals surface area contributed by atoms with Crippen LogP contribution in [0.15, 0.2) is 27.4 Å². The number of hydrogen-bond acceptors (Lipinski definition) is 5. The number of nitrogens with one attached hydrogen (secondary N) is 2. The summed E-state index contributed by atoms with van der Waals surface area (Å²) in [4.78, 5) is 13.7. The van der Waals surface area contributed by atoms with Crippen molar-refractivity contribution in [1.29, 1.82) is 0 Å². The second-order valence-electron chi connectivity index (χ2n) is 3.21. The van der Waals surface area contributed by atoms with Crippen molar-refractivity contribution in [2.24, 2.45) is 0 Å². The maximum atomic E-state index is 11.1. The maximum Gasteiger partial charge on any atom is 0.264 e. The number of aromatic nitrogens is 3. The van der Waals surface area contributed by atoms with E-state index in [1.54, 1.807) is 12.1 Å². The third kappa shape index (κ3) is 2.34. The second kappa shape index (κ2) is 4.71. The Morgan fingerprint density at radius 2 is 2.31 bits per heavy atom. The number of H-pyrrole nitrogens is 1. The van der Waals surface area contributed by atoms with Crippen molar-refractivity contribution in [3.8, 4) is 11.6 Å². The summed E-state index contributed by atoms with van der Waals surface area (Å²) in [6.45, 7) is 3.35. The zero-order valence-electron chi connectivity index (χ0n) is 8.86. The van der Waals surface area contributed by atoms with Gasteiger partial charge in [-0.1, -0.05) is 13.0 Å². The summed E-state index contributed by atoms with van der Waals surface area (Å²) in [6.07, 6.45) is 0. The van der Waals surface area contributed by atoms with E-state index in [1.807, 2.05) is 6.92 Å². The molecule has 0 aliphatic rings. The van der Waals surface area contributed by atoms with Crippen molar-refractivity contribution in [1.82, 2.24) is 20.5 Å². The van der Waals surface area contributed by atoms with Gasteiger partial charge in [-0.3, -0.25) is 4.79 Å². The van der Waals surface area contributed by atoms with E-state index < -0.39 is 0 Å². The first-order chi connectivity index (χ1) is 7.79. The SMILES string of the molecule is CCNCc1nnc(-c2cccc(=O)[nH]2)o1. The molecule has 2 heterocycles. The van der Waals surface area contributed by atoms with Crippen molar-refractivity contribution in [3.63, 3.8) is 0 Å². The summed E-state index contributed by atoms with van der Waals surface area (Å²) in [5, 5.41) is 10.8. The molecule has 6 nitrogen and oxygen atoms in total. The fourth-order valence-electron chi connectivity index (χ4n) is 1.24. The van der Waals surface area contributed by atoms with Gasteiger partial charge in [-0.15, -0.1) is 10.2 Å². The van der Waals surface area contributed by atoms with E-state index in [9.17, 15) is 4.79 Å². The summed E-state index contributed by atoms with van der Waals surface area (Å²) in [5.41, 5.74) is 0.340. The second-order valence-corrected chi connectivity index (χ2v) is 3.21. The van der Waals surface area contributed by atoms with Gasteiger partial charge in [-0.2, -0.15) is 0 Å². The normalized spacial score (nSPS) is 10.6. The summed E-state index contributed by atoms with van der Waals surface area (Å²) in [5.74, 6) is 0.826. The maximum absolute atomic E-state index is 11.1. The van der Waals surface area contributed by atoms with Gasteiger partial charge in [0.1, 0.15) is 5.69 Å². The highest BCUT2D eigenvalue weighted by Crippen LogP contribution is 2.12. The molecule has 6 heteroatoms. The van der Waals surface area contributed by atoms with Crippen LogP contribution in [0.2, 0.25) is 0 Å². The fraction of sp³-hybridized carbons (Fsp3) is 0.300. The summed E-state index contributed by atoms with van der Waals surface area (Å²) >= 11 is 0. The van der Waals surface area contributed by atoms with Gasteiger partial charge in [0.2, 0.25) is 11.4 Å². The summed E-state index contributed by atoms with van der Waals surface area (Å²) in [6, 6.07) is 4.79. The number of pyridine rings is 1. The van der Waals surface area contributed by atoms with Crippen LogP contribution < -0.4 is 10.9 Å². The van der Waals surface area contributed by atoms with Gasteiger partial charge >= 0.3 is 0 Å². The summed E-state index contributed by atoms with van der Waals surface area (Å²) in [7, 11) is 0. The first-order valence-corrected chi connectivity index (χ1v) is 5.02. The van der Waals surface area contributed by atoms with Crippen molar-refractivity contribution in [3.05, 3.63) is 34.4 Å². The van der Waals surface area contributed by atoms with E-state index in [1.165, 1.54) is 6.07 Å². The largest absolute Gasteiger partial charge is 0.418 e. The van der Waals surface area contributed by atoms with E-state index in [2.05, 4.69) is 20.5 Å². The van der Waals surface area contributed by atoms with Gasteiger partial charge in [0.05, 0.1) is 6.54 Å². The summed E-state index contributed by atoms with van der Waals surface area (Å²) < 4.78 is 5.37. The highest BCUT2D eigenvalue weighted by atomic mass is 16.4. The van der Waals surface area contributed by atoms with E-state index >= 15 is 0 Å².